The van der Waals surface area contributed by atoms with Gasteiger partial charge in [-0.3, -0.25) is 0 Å². The first kappa shape index (κ1) is 12.2. The fourth-order valence-corrected chi connectivity index (χ4v) is 2.12. The Bertz CT molecular complexity index is 603. The van der Waals surface area contributed by atoms with E-state index in [0.717, 1.165) is 0 Å². The fraction of sp³-hybridized carbons (Fsp3) is 0.500. The molecule has 1 fully saturated rings. The number of hydrogen-bond donors (Lipinski definition) is 5. The highest BCUT2D eigenvalue weighted by Crippen LogP contribution is 2.32. The van der Waals surface area contributed by atoms with Gasteiger partial charge >= 0.3 is 0 Å². The Balaban J connectivity index is 1.99. The molecule has 0 bridgehead atoms. The van der Waals surface area contributed by atoms with E-state index < -0.39 is 31.0 Å². The van der Waals surface area contributed by atoms with E-state index >= 15 is 0 Å². The SMILES string of the molecule is Nc1ncnc2nc([C@H]3O[C@@H](CO)[C@@H](O)[C@H]3O)[nH]c12. The molecule has 0 saturated carbocycles. The van der Waals surface area contributed by atoms with Crippen LogP contribution >= 0.6 is 0 Å². The molecule has 19 heavy (non-hydrogen) atoms. The third-order valence-electron chi connectivity index (χ3n) is 3.15. The first-order chi connectivity index (χ1) is 9.11. The molecule has 4 atom stereocenters. The van der Waals surface area contributed by atoms with Crippen LogP contribution in [0.15, 0.2) is 6.33 Å². The summed E-state index contributed by atoms with van der Waals surface area (Å²) in [7, 11) is 0. The Morgan fingerprint density at radius 2 is 2.11 bits per heavy atom. The van der Waals surface area contributed by atoms with E-state index in [1.807, 2.05) is 0 Å². The number of hydrogen-bond acceptors (Lipinski definition) is 8. The molecule has 0 unspecified atom stereocenters. The summed E-state index contributed by atoms with van der Waals surface area (Å²) in [4.78, 5) is 14.8. The number of nitrogens with two attached hydrogens (primary N) is 1. The van der Waals surface area contributed by atoms with Gasteiger partial charge in [0.1, 0.15) is 42.1 Å². The lowest BCUT2D eigenvalue weighted by Crippen LogP contribution is -2.32. The molecular weight excluding hydrogens is 254 g/mol. The summed E-state index contributed by atoms with van der Waals surface area (Å²) in [6, 6.07) is 0. The molecule has 2 aromatic heterocycles. The van der Waals surface area contributed by atoms with Crippen molar-refractivity contribution in [2.75, 3.05) is 12.3 Å². The topological polar surface area (TPSA) is 150 Å². The number of aromatic amines is 1. The van der Waals surface area contributed by atoms with Gasteiger partial charge in [-0.25, -0.2) is 15.0 Å². The highest BCUT2D eigenvalue weighted by atomic mass is 16.6. The third kappa shape index (κ3) is 1.83. The number of imidazole rings is 1. The number of aromatic nitrogens is 4. The minimum atomic E-state index is -1.19. The molecule has 0 amide bonds. The Labute approximate surface area is 107 Å². The van der Waals surface area contributed by atoms with E-state index in [1.54, 1.807) is 0 Å². The maximum Gasteiger partial charge on any atom is 0.183 e. The third-order valence-corrected chi connectivity index (χ3v) is 3.15. The molecule has 9 heteroatoms. The Morgan fingerprint density at radius 1 is 1.32 bits per heavy atom. The number of anilines is 1. The van der Waals surface area contributed by atoms with Crippen LogP contribution in [-0.2, 0) is 4.74 Å². The van der Waals surface area contributed by atoms with Crippen molar-refractivity contribution in [1.82, 2.24) is 19.9 Å². The molecular formula is C10H13N5O4. The Kier molecular flexibility index (Phi) is 2.82. The second-order valence-electron chi connectivity index (χ2n) is 4.34. The summed E-state index contributed by atoms with van der Waals surface area (Å²) < 4.78 is 5.36. The normalized spacial score (nSPS) is 31.1. The second-order valence-corrected chi connectivity index (χ2v) is 4.34. The minimum Gasteiger partial charge on any atom is -0.394 e. The van der Waals surface area contributed by atoms with E-state index in [9.17, 15) is 10.2 Å². The molecule has 0 aromatic carbocycles. The monoisotopic (exact) mass is 267 g/mol. The van der Waals surface area contributed by atoms with Crippen LogP contribution in [-0.4, -0.2) is 60.2 Å². The van der Waals surface area contributed by atoms with Gasteiger partial charge in [0.05, 0.1) is 6.61 Å². The molecule has 102 valence electrons. The molecule has 1 aliphatic rings. The minimum absolute atomic E-state index is 0.232. The van der Waals surface area contributed by atoms with Gasteiger partial charge in [0.2, 0.25) is 0 Å². The van der Waals surface area contributed by atoms with Crippen LogP contribution in [0.1, 0.15) is 11.9 Å². The van der Waals surface area contributed by atoms with Crippen molar-refractivity contribution in [1.29, 1.82) is 0 Å². The number of nitrogen functional groups attached to an aromatic ring is 1. The van der Waals surface area contributed by atoms with Crippen LogP contribution in [0.3, 0.4) is 0 Å². The van der Waals surface area contributed by atoms with Crippen LogP contribution in [0.4, 0.5) is 5.82 Å². The van der Waals surface area contributed by atoms with Crippen molar-refractivity contribution in [2.45, 2.75) is 24.4 Å². The Hall–Kier alpha value is -1.81. The second kappa shape index (κ2) is 4.38. The molecule has 1 aliphatic heterocycles. The summed E-state index contributed by atoms with van der Waals surface area (Å²) in [5, 5.41) is 28.6. The first-order valence-corrected chi connectivity index (χ1v) is 5.70. The summed E-state index contributed by atoms with van der Waals surface area (Å²) in [5.74, 6) is 0.514. The maximum absolute atomic E-state index is 9.89. The molecule has 0 radical (unpaired) electrons. The van der Waals surface area contributed by atoms with E-state index in [-0.39, 0.29) is 11.6 Å². The molecule has 2 aromatic rings. The van der Waals surface area contributed by atoms with Crippen molar-refractivity contribution in [3.63, 3.8) is 0 Å². The lowest BCUT2D eigenvalue weighted by molar-refractivity contribution is -0.0249. The van der Waals surface area contributed by atoms with Crippen LogP contribution in [0.2, 0.25) is 0 Å². The molecule has 1 saturated heterocycles. The van der Waals surface area contributed by atoms with Crippen molar-refractivity contribution < 1.29 is 20.1 Å². The summed E-state index contributed by atoms with van der Waals surface area (Å²) in [5.41, 5.74) is 6.46. The molecule has 0 aliphatic carbocycles. The summed E-state index contributed by atoms with van der Waals surface area (Å²) >= 11 is 0. The van der Waals surface area contributed by atoms with Gasteiger partial charge in [0.25, 0.3) is 0 Å². The van der Waals surface area contributed by atoms with Gasteiger partial charge in [-0.15, -0.1) is 0 Å². The number of fused-ring (bicyclic) bond motifs is 1. The summed E-state index contributed by atoms with van der Waals surface area (Å²) in [6.45, 7) is -0.392. The van der Waals surface area contributed by atoms with Gasteiger partial charge in [-0.1, -0.05) is 0 Å². The van der Waals surface area contributed by atoms with Gasteiger partial charge in [-0.2, -0.15) is 0 Å². The lowest BCUT2D eigenvalue weighted by Gasteiger charge is -2.11. The number of H-pyrrole nitrogens is 1. The predicted molar refractivity (Wildman–Crippen MR) is 62.8 cm³/mol. The van der Waals surface area contributed by atoms with Gasteiger partial charge < -0.3 is 30.8 Å². The predicted octanol–water partition coefficient (Wildman–Crippen LogP) is -1.91. The quantitative estimate of drug-likeness (QED) is 0.423. The zero-order valence-electron chi connectivity index (χ0n) is 9.76. The van der Waals surface area contributed by atoms with Crippen molar-refractivity contribution in [2.24, 2.45) is 0 Å². The molecule has 3 rings (SSSR count). The van der Waals surface area contributed by atoms with Gasteiger partial charge in [-0.05, 0) is 0 Å². The molecule has 3 heterocycles. The van der Waals surface area contributed by atoms with Gasteiger partial charge in [0, 0.05) is 0 Å². The van der Waals surface area contributed by atoms with Crippen molar-refractivity contribution in [3.8, 4) is 0 Å². The van der Waals surface area contributed by atoms with E-state index in [0.29, 0.717) is 11.2 Å². The van der Waals surface area contributed by atoms with Crippen LogP contribution in [0.25, 0.3) is 11.2 Å². The molecule has 0 spiro atoms. The highest BCUT2D eigenvalue weighted by molar-refractivity contribution is 5.81. The van der Waals surface area contributed by atoms with E-state index in [2.05, 4.69) is 19.9 Å². The average molecular weight is 267 g/mol. The first-order valence-electron chi connectivity index (χ1n) is 5.70. The standard InChI is InChI=1S/C10H13N5O4/c11-8-4-9(13-2-12-8)15-10(14-4)7-6(18)5(17)3(1-16)19-7/h2-3,5-7,16-18H,1H2,(H3,11,12,13,14,15)/t3-,5+,6+,7-/m0/s1. The molecule has 9 nitrogen and oxygen atoms in total. The number of ether oxygens (including phenoxy) is 1. The van der Waals surface area contributed by atoms with Crippen molar-refractivity contribution >= 4 is 17.0 Å². The highest BCUT2D eigenvalue weighted by Gasteiger charge is 2.44. The smallest absolute Gasteiger partial charge is 0.183 e. The lowest BCUT2D eigenvalue weighted by atomic mass is 10.1. The number of nitrogens with zero attached hydrogens (tertiary/aromatic N) is 3. The number of nitrogens with one attached hydrogen (secondary N) is 1. The largest absolute Gasteiger partial charge is 0.394 e. The maximum atomic E-state index is 9.89. The van der Waals surface area contributed by atoms with Crippen LogP contribution in [0.5, 0.6) is 0 Å². The van der Waals surface area contributed by atoms with Crippen molar-refractivity contribution in [3.05, 3.63) is 12.2 Å². The van der Waals surface area contributed by atoms with E-state index in [1.165, 1.54) is 6.33 Å². The number of rotatable bonds is 2. The van der Waals surface area contributed by atoms with Crippen LogP contribution < -0.4 is 5.73 Å². The van der Waals surface area contributed by atoms with E-state index in [4.69, 9.17) is 15.6 Å². The summed E-state index contributed by atoms with van der Waals surface area (Å²) in [6.07, 6.45) is -2.81. The average Bonchev–Trinajstić information content (AvgIpc) is 2.94. The zero-order chi connectivity index (χ0) is 13.6. The van der Waals surface area contributed by atoms with Crippen LogP contribution in [0, 0.1) is 0 Å². The number of aliphatic hydroxyl groups is 3. The zero-order valence-corrected chi connectivity index (χ0v) is 9.76. The number of aliphatic hydroxyl groups excluding tert-OH is 3. The Morgan fingerprint density at radius 3 is 2.74 bits per heavy atom. The fourth-order valence-electron chi connectivity index (χ4n) is 2.12. The van der Waals surface area contributed by atoms with Gasteiger partial charge in [0.15, 0.2) is 11.5 Å². The molecule has 6 N–H and O–H groups in total.